The lowest BCUT2D eigenvalue weighted by molar-refractivity contribution is 0.737. The maximum absolute atomic E-state index is 6.09. The van der Waals surface area contributed by atoms with Gasteiger partial charge in [0.2, 0.25) is 0 Å². The van der Waals surface area contributed by atoms with E-state index in [1.165, 1.54) is 26.5 Å². The number of hydrogen-bond donors (Lipinski definition) is 1. The van der Waals surface area contributed by atoms with Crippen LogP contribution in [-0.2, 0) is 0 Å². The molecule has 0 fully saturated rings. The normalized spacial score (nSPS) is 14.9. The van der Waals surface area contributed by atoms with E-state index in [0.717, 1.165) is 24.5 Å². The lowest BCUT2D eigenvalue weighted by Crippen LogP contribution is -2.20. The molecule has 0 saturated carbocycles. The van der Waals surface area contributed by atoms with E-state index in [9.17, 15) is 0 Å². The molecule has 0 atom stereocenters. The lowest BCUT2D eigenvalue weighted by Gasteiger charge is -2.18. The summed E-state index contributed by atoms with van der Waals surface area (Å²) in [6.45, 7) is 4.17. The number of benzene rings is 2. The Bertz CT molecular complexity index is 679. The first-order valence-electron chi connectivity index (χ1n) is 7.16. The van der Waals surface area contributed by atoms with Crippen molar-refractivity contribution in [2.75, 3.05) is 13.1 Å². The van der Waals surface area contributed by atoms with E-state index in [2.05, 4.69) is 42.6 Å². The van der Waals surface area contributed by atoms with Gasteiger partial charge in [0.05, 0.1) is 0 Å². The fraction of sp³-hybridized carbons (Fsp3) is 0.222. The van der Waals surface area contributed by atoms with Crippen LogP contribution < -0.4 is 5.32 Å². The van der Waals surface area contributed by atoms with Crippen LogP contribution in [0.2, 0.25) is 5.02 Å². The molecule has 1 aliphatic heterocycles. The van der Waals surface area contributed by atoms with Crippen molar-refractivity contribution in [3.8, 4) is 0 Å². The van der Waals surface area contributed by atoms with Crippen molar-refractivity contribution in [1.29, 1.82) is 0 Å². The summed E-state index contributed by atoms with van der Waals surface area (Å²) in [5.41, 5.74) is 4.11. The largest absolute Gasteiger partial charge is 0.313 e. The van der Waals surface area contributed by atoms with Gasteiger partial charge in [0, 0.05) is 21.4 Å². The fourth-order valence-electron chi connectivity index (χ4n) is 2.51. The van der Waals surface area contributed by atoms with Gasteiger partial charge in [-0.05, 0) is 55.3 Å². The Labute approximate surface area is 135 Å². The Morgan fingerprint density at radius 2 is 2.05 bits per heavy atom. The molecule has 2 aromatic rings. The lowest BCUT2D eigenvalue weighted by atomic mass is 9.99. The summed E-state index contributed by atoms with van der Waals surface area (Å²) in [7, 11) is 0. The van der Waals surface area contributed by atoms with Crippen LogP contribution in [0.15, 0.2) is 58.3 Å². The minimum absolute atomic E-state index is 0.787. The van der Waals surface area contributed by atoms with Crippen molar-refractivity contribution < 1.29 is 0 Å². The van der Waals surface area contributed by atoms with Crippen molar-refractivity contribution in [1.82, 2.24) is 5.32 Å². The van der Waals surface area contributed by atoms with Crippen LogP contribution in [0.3, 0.4) is 0 Å². The highest BCUT2D eigenvalue weighted by Gasteiger charge is 2.12. The molecule has 108 valence electrons. The maximum atomic E-state index is 6.09. The second-order valence-corrected chi connectivity index (χ2v) is 6.79. The predicted molar refractivity (Wildman–Crippen MR) is 92.2 cm³/mol. The van der Waals surface area contributed by atoms with Crippen LogP contribution in [0, 0.1) is 6.92 Å². The molecule has 0 bridgehead atoms. The van der Waals surface area contributed by atoms with Crippen LogP contribution in [0.25, 0.3) is 5.57 Å². The predicted octanol–water partition coefficient (Wildman–Crippen LogP) is 5.18. The number of rotatable bonds is 3. The van der Waals surface area contributed by atoms with Crippen LogP contribution in [0.4, 0.5) is 0 Å². The van der Waals surface area contributed by atoms with Crippen molar-refractivity contribution in [2.45, 2.75) is 23.1 Å². The number of halogens is 1. The maximum Gasteiger partial charge on any atom is 0.0417 e. The van der Waals surface area contributed by atoms with Gasteiger partial charge in [0.15, 0.2) is 0 Å². The standard InChI is InChI=1S/C18H18ClNS/c1-13-5-6-18(21-16-4-2-3-15(19)12-16)17(11-13)14-7-9-20-10-8-14/h2-7,11-12,20H,8-10H2,1H3. The summed E-state index contributed by atoms with van der Waals surface area (Å²) in [6.07, 6.45) is 3.40. The number of hydrogen-bond acceptors (Lipinski definition) is 2. The van der Waals surface area contributed by atoms with Crippen LogP contribution >= 0.6 is 23.4 Å². The Hall–Kier alpha value is -1.22. The fourth-order valence-corrected chi connectivity index (χ4v) is 3.79. The second-order valence-electron chi connectivity index (χ2n) is 5.24. The summed E-state index contributed by atoms with van der Waals surface area (Å²) in [5.74, 6) is 0. The van der Waals surface area contributed by atoms with Gasteiger partial charge < -0.3 is 5.32 Å². The first kappa shape index (κ1) is 14.7. The molecular weight excluding hydrogens is 298 g/mol. The molecule has 0 spiro atoms. The molecule has 2 aromatic carbocycles. The zero-order valence-electron chi connectivity index (χ0n) is 12.0. The molecular formula is C18H18ClNS. The molecule has 3 rings (SSSR count). The Balaban J connectivity index is 1.96. The molecule has 0 aliphatic carbocycles. The minimum Gasteiger partial charge on any atom is -0.313 e. The Morgan fingerprint density at radius 1 is 1.14 bits per heavy atom. The molecule has 3 heteroatoms. The van der Waals surface area contributed by atoms with Crippen molar-refractivity contribution in [3.05, 3.63) is 64.7 Å². The zero-order valence-corrected chi connectivity index (χ0v) is 13.6. The Kier molecular flexibility index (Phi) is 4.69. The molecule has 1 aliphatic rings. The molecule has 1 heterocycles. The van der Waals surface area contributed by atoms with Gasteiger partial charge in [0.25, 0.3) is 0 Å². The van der Waals surface area contributed by atoms with E-state index in [4.69, 9.17) is 11.6 Å². The molecule has 0 saturated heterocycles. The van der Waals surface area contributed by atoms with Crippen molar-refractivity contribution >= 4 is 28.9 Å². The third kappa shape index (κ3) is 3.70. The first-order chi connectivity index (χ1) is 10.2. The molecule has 1 nitrogen and oxygen atoms in total. The third-order valence-electron chi connectivity index (χ3n) is 3.57. The summed E-state index contributed by atoms with van der Waals surface area (Å²) < 4.78 is 0. The van der Waals surface area contributed by atoms with E-state index < -0.39 is 0 Å². The van der Waals surface area contributed by atoms with Crippen LogP contribution in [0.5, 0.6) is 0 Å². The van der Waals surface area contributed by atoms with E-state index >= 15 is 0 Å². The van der Waals surface area contributed by atoms with Gasteiger partial charge in [-0.15, -0.1) is 0 Å². The van der Waals surface area contributed by atoms with Gasteiger partial charge in [0.1, 0.15) is 0 Å². The SMILES string of the molecule is Cc1ccc(Sc2cccc(Cl)c2)c(C2=CCNCC2)c1. The molecule has 0 amide bonds. The van der Waals surface area contributed by atoms with Gasteiger partial charge in [-0.2, -0.15) is 0 Å². The highest BCUT2D eigenvalue weighted by atomic mass is 35.5. The van der Waals surface area contributed by atoms with Gasteiger partial charge in [-0.1, -0.05) is 53.2 Å². The van der Waals surface area contributed by atoms with E-state index in [1.807, 2.05) is 18.2 Å². The minimum atomic E-state index is 0.787. The van der Waals surface area contributed by atoms with Gasteiger partial charge in [-0.3, -0.25) is 0 Å². The summed E-state index contributed by atoms with van der Waals surface area (Å²) in [5, 5.41) is 4.16. The molecule has 0 radical (unpaired) electrons. The smallest absolute Gasteiger partial charge is 0.0417 e. The molecule has 0 unspecified atom stereocenters. The van der Waals surface area contributed by atoms with E-state index in [0.29, 0.717) is 0 Å². The average Bonchev–Trinajstić information content (AvgIpc) is 2.50. The quantitative estimate of drug-likeness (QED) is 0.838. The molecule has 1 N–H and O–H groups in total. The van der Waals surface area contributed by atoms with Gasteiger partial charge >= 0.3 is 0 Å². The van der Waals surface area contributed by atoms with Crippen LogP contribution in [0.1, 0.15) is 17.5 Å². The molecule has 21 heavy (non-hydrogen) atoms. The van der Waals surface area contributed by atoms with Crippen molar-refractivity contribution in [3.63, 3.8) is 0 Å². The average molecular weight is 316 g/mol. The highest BCUT2D eigenvalue weighted by Crippen LogP contribution is 2.36. The Morgan fingerprint density at radius 3 is 2.81 bits per heavy atom. The van der Waals surface area contributed by atoms with Crippen LogP contribution in [-0.4, -0.2) is 13.1 Å². The monoisotopic (exact) mass is 315 g/mol. The van der Waals surface area contributed by atoms with Crippen molar-refractivity contribution in [2.24, 2.45) is 0 Å². The summed E-state index contributed by atoms with van der Waals surface area (Å²) in [4.78, 5) is 2.48. The first-order valence-corrected chi connectivity index (χ1v) is 8.36. The van der Waals surface area contributed by atoms with Gasteiger partial charge in [-0.25, -0.2) is 0 Å². The van der Waals surface area contributed by atoms with E-state index in [1.54, 1.807) is 11.8 Å². The summed E-state index contributed by atoms with van der Waals surface area (Å²) in [6, 6.07) is 14.7. The number of aryl methyl sites for hydroxylation is 1. The van der Waals surface area contributed by atoms with E-state index in [-0.39, 0.29) is 0 Å². The zero-order chi connectivity index (χ0) is 14.7. The summed E-state index contributed by atoms with van der Waals surface area (Å²) >= 11 is 7.88. The second kappa shape index (κ2) is 6.69. The third-order valence-corrected chi connectivity index (χ3v) is 4.87. The topological polar surface area (TPSA) is 12.0 Å². The number of nitrogens with one attached hydrogen (secondary N) is 1. The highest BCUT2D eigenvalue weighted by molar-refractivity contribution is 7.99. The molecule has 0 aromatic heterocycles.